The van der Waals surface area contributed by atoms with Crippen molar-refractivity contribution in [3.05, 3.63) is 12.2 Å². The molecular weight excluding hydrogens is 362 g/mol. The van der Waals surface area contributed by atoms with Crippen molar-refractivity contribution in [2.24, 2.45) is 11.5 Å². The highest BCUT2D eigenvalue weighted by molar-refractivity contribution is 4.81. The van der Waals surface area contributed by atoms with Crippen molar-refractivity contribution in [3.63, 3.8) is 0 Å². The van der Waals surface area contributed by atoms with Gasteiger partial charge in [0.15, 0.2) is 0 Å². The number of hydrogen-bond acceptors (Lipinski definition) is 5. The van der Waals surface area contributed by atoms with Crippen LogP contribution in [0.25, 0.3) is 0 Å². The van der Waals surface area contributed by atoms with Gasteiger partial charge >= 0.3 is 0 Å². The van der Waals surface area contributed by atoms with Crippen molar-refractivity contribution in [2.75, 3.05) is 32.7 Å². The van der Waals surface area contributed by atoms with Gasteiger partial charge in [-0.2, -0.15) is 0 Å². The minimum atomic E-state index is -0.533. The number of nitrogens with zero attached hydrogens (tertiary/aromatic N) is 1. The van der Waals surface area contributed by atoms with Gasteiger partial charge in [0, 0.05) is 26.2 Å². The molecule has 0 aromatic carbocycles. The molecule has 0 aliphatic heterocycles. The topological polar surface area (TPSA) is 95.7 Å². The van der Waals surface area contributed by atoms with Gasteiger partial charge in [0.05, 0.1) is 12.2 Å². The van der Waals surface area contributed by atoms with Crippen molar-refractivity contribution in [1.29, 1.82) is 0 Å². The van der Waals surface area contributed by atoms with Crippen LogP contribution in [0.3, 0.4) is 0 Å². The maximum absolute atomic E-state index is 9.76. The summed E-state index contributed by atoms with van der Waals surface area (Å²) >= 11 is 0. The third-order valence-electron chi connectivity index (χ3n) is 5.47. The second-order valence-corrected chi connectivity index (χ2v) is 8.48. The van der Waals surface area contributed by atoms with Crippen LogP contribution in [-0.2, 0) is 0 Å². The Morgan fingerprint density at radius 1 is 0.655 bits per heavy atom. The van der Waals surface area contributed by atoms with E-state index in [1.807, 2.05) is 0 Å². The summed E-state index contributed by atoms with van der Waals surface area (Å²) in [6.07, 6.45) is 21.9. The first kappa shape index (κ1) is 28.5. The summed E-state index contributed by atoms with van der Waals surface area (Å²) in [5.41, 5.74) is 11.0. The molecule has 29 heavy (non-hydrogen) atoms. The molecular formula is C24H51N3O2. The van der Waals surface area contributed by atoms with E-state index < -0.39 is 12.2 Å². The molecule has 174 valence electrons. The average Bonchev–Trinajstić information content (AvgIpc) is 2.72. The molecule has 0 saturated heterocycles. The van der Waals surface area contributed by atoms with E-state index in [1.165, 1.54) is 83.5 Å². The van der Waals surface area contributed by atoms with E-state index in [9.17, 15) is 10.2 Å². The number of aliphatic hydroxyl groups excluding tert-OH is 2. The smallest absolute Gasteiger partial charge is 0.0789 e. The van der Waals surface area contributed by atoms with Crippen LogP contribution >= 0.6 is 0 Å². The lowest BCUT2D eigenvalue weighted by molar-refractivity contribution is 0.0746. The molecule has 0 aliphatic rings. The molecule has 0 fully saturated rings. The SMILES string of the molecule is CCCCCCCC/C=C/CCCCCCCCN(CC(O)CN)CC(O)CN. The van der Waals surface area contributed by atoms with E-state index in [-0.39, 0.29) is 13.1 Å². The maximum atomic E-state index is 9.76. The third kappa shape index (κ3) is 20.6. The Balaban J connectivity index is 3.54. The zero-order valence-corrected chi connectivity index (χ0v) is 19.2. The molecule has 0 aliphatic carbocycles. The summed E-state index contributed by atoms with van der Waals surface area (Å²) in [5.74, 6) is 0. The number of aliphatic hydroxyl groups is 2. The molecule has 5 heteroatoms. The van der Waals surface area contributed by atoms with E-state index in [1.54, 1.807) is 0 Å². The molecule has 0 aromatic heterocycles. The second-order valence-electron chi connectivity index (χ2n) is 8.48. The normalized spacial score (nSPS) is 14.1. The molecule has 0 heterocycles. The highest BCUT2D eigenvalue weighted by Gasteiger charge is 2.13. The van der Waals surface area contributed by atoms with E-state index in [0.717, 1.165) is 13.0 Å². The number of rotatable bonds is 22. The van der Waals surface area contributed by atoms with Gasteiger partial charge in [-0.3, -0.25) is 4.90 Å². The number of unbranched alkanes of at least 4 members (excludes halogenated alkanes) is 12. The Morgan fingerprint density at radius 2 is 1.07 bits per heavy atom. The van der Waals surface area contributed by atoms with Crippen LogP contribution in [0, 0.1) is 0 Å². The zero-order valence-electron chi connectivity index (χ0n) is 19.2. The summed E-state index contributed by atoms with van der Waals surface area (Å²) in [6.45, 7) is 4.68. The first-order valence-electron chi connectivity index (χ1n) is 12.3. The molecule has 0 radical (unpaired) electrons. The van der Waals surface area contributed by atoms with Crippen LogP contribution in [0.2, 0.25) is 0 Å². The quantitative estimate of drug-likeness (QED) is 0.159. The lowest BCUT2D eigenvalue weighted by atomic mass is 10.1. The van der Waals surface area contributed by atoms with Crippen LogP contribution in [-0.4, -0.2) is 60.0 Å². The minimum absolute atomic E-state index is 0.253. The molecule has 0 saturated carbocycles. The first-order chi connectivity index (χ1) is 14.1. The molecule has 2 unspecified atom stereocenters. The molecule has 0 bridgehead atoms. The van der Waals surface area contributed by atoms with Crippen LogP contribution in [0.1, 0.15) is 96.8 Å². The van der Waals surface area contributed by atoms with E-state index in [4.69, 9.17) is 11.5 Å². The van der Waals surface area contributed by atoms with Gasteiger partial charge in [-0.15, -0.1) is 0 Å². The highest BCUT2D eigenvalue weighted by atomic mass is 16.3. The number of hydrogen-bond donors (Lipinski definition) is 4. The summed E-state index contributed by atoms with van der Waals surface area (Å²) in [4.78, 5) is 2.09. The van der Waals surface area contributed by atoms with E-state index in [0.29, 0.717) is 13.1 Å². The highest BCUT2D eigenvalue weighted by Crippen LogP contribution is 2.10. The fraction of sp³-hybridized carbons (Fsp3) is 0.917. The van der Waals surface area contributed by atoms with Crippen molar-refractivity contribution in [2.45, 2.75) is 109 Å². The monoisotopic (exact) mass is 413 g/mol. The molecule has 0 amide bonds. The standard InChI is InChI=1S/C24H51N3O2/c1-2-3-4-5-6-7-8-9-10-11-12-13-14-15-16-17-18-27(21-23(28)19-25)22-24(29)20-26/h9-10,23-24,28-29H,2-8,11-22,25-26H2,1H3/b10-9+. The number of allylic oxidation sites excluding steroid dienone is 2. The number of nitrogens with two attached hydrogens (primary N) is 2. The van der Waals surface area contributed by atoms with E-state index in [2.05, 4.69) is 24.0 Å². The minimum Gasteiger partial charge on any atom is -0.390 e. The predicted molar refractivity (Wildman–Crippen MR) is 126 cm³/mol. The Labute approximate surface area is 180 Å². The van der Waals surface area contributed by atoms with Crippen molar-refractivity contribution >= 4 is 0 Å². The molecule has 0 rings (SSSR count). The van der Waals surface area contributed by atoms with Crippen LogP contribution in [0.15, 0.2) is 12.2 Å². The van der Waals surface area contributed by atoms with Gasteiger partial charge in [0.2, 0.25) is 0 Å². The van der Waals surface area contributed by atoms with Crippen molar-refractivity contribution in [1.82, 2.24) is 4.90 Å². The Bertz CT molecular complexity index is 341. The fourth-order valence-corrected chi connectivity index (χ4v) is 3.59. The zero-order chi connectivity index (χ0) is 21.6. The van der Waals surface area contributed by atoms with Crippen LogP contribution in [0.5, 0.6) is 0 Å². The molecule has 2 atom stereocenters. The summed E-state index contributed by atoms with van der Waals surface area (Å²) in [6, 6.07) is 0. The largest absolute Gasteiger partial charge is 0.390 e. The van der Waals surface area contributed by atoms with E-state index >= 15 is 0 Å². The Kier molecular flexibility index (Phi) is 21.9. The Morgan fingerprint density at radius 3 is 1.52 bits per heavy atom. The predicted octanol–water partition coefficient (Wildman–Crippen LogP) is 3.97. The van der Waals surface area contributed by atoms with Gasteiger partial charge in [0.25, 0.3) is 0 Å². The van der Waals surface area contributed by atoms with Gasteiger partial charge in [-0.1, -0.05) is 76.9 Å². The van der Waals surface area contributed by atoms with Gasteiger partial charge < -0.3 is 21.7 Å². The third-order valence-corrected chi connectivity index (χ3v) is 5.47. The summed E-state index contributed by atoms with van der Waals surface area (Å²) in [5, 5.41) is 19.5. The molecule has 5 nitrogen and oxygen atoms in total. The summed E-state index contributed by atoms with van der Waals surface area (Å²) in [7, 11) is 0. The van der Waals surface area contributed by atoms with Gasteiger partial charge in [-0.05, 0) is 38.6 Å². The fourth-order valence-electron chi connectivity index (χ4n) is 3.59. The second kappa shape index (κ2) is 22.2. The first-order valence-corrected chi connectivity index (χ1v) is 12.3. The summed E-state index contributed by atoms with van der Waals surface area (Å²) < 4.78 is 0. The van der Waals surface area contributed by atoms with Crippen molar-refractivity contribution < 1.29 is 10.2 Å². The van der Waals surface area contributed by atoms with Crippen LogP contribution < -0.4 is 11.5 Å². The van der Waals surface area contributed by atoms with Crippen molar-refractivity contribution in [3.8, 4) is 0 Å². The maximum Gasteiger partial charge on any atom is 0.0789 e. The molecule has 0 aromatic rings. The molecule has 6 N–H and O–H groups in total. The van der Waals surface area contributed by atoms with Crippen LogP contribution in [0.4, 0.5) is 0 Å². The van der Waals surface area contributed by atoms with Gasteiger partial charge in [0.1, 0.15) is 0 Å². The molecule has 0 spiro atoms. The lowest BCUT2D eigenvalue weighted by Crippen LogP contribution is -2.42. The lowest BCUT2D eigenvalue weighted by Gasteiger charge is -2.26. The van der Waals surface area contributed by atoms with Gasteiger partial charge in [-0.25, -0.2) is 0 Å². The average molecular weight is 414 g/mol. The Hall–Kier alpha value is -0.460.